The van der Waals surface area contributed by atoms with Gasteiger partial charge in [0.05, 0.1) is 13.2 Å². The van der Waals surface area contributed by atoms with E-state index in [0.29, 0.717) is 6.61 Å². The number of ether oxygens (including phenoxy) is 2. The second-order valence-electron chi connectivity index (χ2n) is 7.92. The molecular weight excluding hydrogens is 324 g/mol. The lowest BCUT2D eigenvalue weighted by atomic mass is 9.72. The first-order valence-electron chi connectivity index (χ1n) is 10.0. The highest BCUT2D eigenvalue weighted by atomic mass is 16.5. The van der Waals surface area contributed by atoms with Crippen molar-refractivity contribution in [2.75, 3.05) is 46.0 Å². The Kier molecular flexibility index (Phi) is 5.79. The second-order valence-corrected chi connectivity index (χ2v) is 7.92. The summed E-state index contributed by atoms with van der Waals surface area (Å²) in [5, 5.41) is 0. The van der Waals surface area contributed by atoms with Crippen molar-refractivity contribution in [3.8, 4) is 18.1 Å². The zero-order chi connectivity index (χ0) is 17.8. The maximum atomic E-state index is 5.58. The fraction of sp³-hybridized carbons (Fsp3) is 0.636. The van der Waals surface area contributed by atoms with Crippen LogP contribution in [0.25, 0.3) is 0 Å². The van der Waals surface area contributed by atoms with E-state index in [1.807, 2.05) is 6.07 Å². The molecule has 2 heterocycles. The van der Waals surface area contributed by atoms with E-state index in [4.69, 9.17) is 15.9 Å². The molecule has 4 nitrogen and oxygen atoms in total. The number of benzene rings is 1. The predicted octanol–water partition coefficient (Wildman–Crippen LogP) is 2.63. The summed E-state index contributed by atoms with van der Waals surface area (Å²) in [4.78, 5) is 5.38. The van der Waals surface area contributed by atoms with Crippen molar-refractivity contribution in [2.24, 2.45) is 11.8 Å². The van der Waals surface area contributed by atoms with E-state index in [1.54, 1.807) is 0 Å². The lowest BCUT2D eigenvalue weighted by molar-refractivity contribution is -0.0623. The average molecular weight is 354 g/mol. The topological polar surface area (TPSA) is 24.9 Å². The van der Waals surface area contributed by atoms with Crippen LogP contribution in [0.3, 0.4) is 0 Å². The third-order valence-electron chi connectivity index (χ3n) is 6.20. The molecule has 1 aromatic carbocycles. The van der Waals surface area contributed by atoms with Gasteiger partial charge in [0, 0.05) is 38.8 Å². The van der Waals surface area contributed by atoms with Gasteiger partial charge in [-0.3, -0.25) is 9.80 Å². The fourth-order valence-corrected chi connectivity index (χ4v) is 5.22. The summed E-state index contributed by atoms with van der Waals surface area (Å²) in [7, 11) is 0. The van der Waals surface area contributed by atoms with Crippen LogP contribution in [0.5, 0.6) is 5.75 Å². The lowest BCUT2D eigenvalue weighted by Gasteiger charge is -2.52. The van der Waals surface area contributed by atoms with Crippen molar-refractivity contribution in [2.45, 2.75) is 31.8 Å². The second kappa shape index (κ2) is 8.43. The van der Waals surface area contributed by atoms with Crippen LogP contribution in [0.2, 0.25) is 0 Å². The number of hydrogen-bond donors (Lipinski definition) is 0. The quantitative estimate of drug-likeness (QED) is 0.759. The van der Waals surface area contributed by atoms with E-state index in [2.05, 4.69) is 33.9 Å². The van der Waals surface area contributed by atoms with Crippen LogP contribution in [0.1, 0.15) is 24.8 Å². The van der Waals surface area contributed by atoms with Gasteiger partial charge in [-0.2, -0.15) is 0 Å². The van der Waals surface area contributed by atoms with Gasteiger partial charge in [-0.15, -0.1) is 6.42 Å². The van der Waals surface area contributed by atoms with Gasteiger partial charge < -0.3 is 9.47 Å². The fourth-order valence-electron chi connectivity index (χ4n) is 5.22. The number of morpholine rings is 1. The summed E-state index contributed by atoms with van der Waals surface area (Å²) in [6, 6.07) is 9.17. The van der Waals surface area contributed by atoms with Gasteiger partial charge in [0.1, 0.15) is 12.4 Å². The number of rotatable bonds is 5. The highest BCUT2D eigenvalue weighted by Crippen LogP contribution is 2.38. The molecule has 0 amide bonds. The number of fused-ring (bicyclic) bond motifs is 2. The van der Waals surface area contributed by atoms with E-state index in [0.717, 1.165) is 56.5 Å². The van der Waals surface area contributed by atoms with Crippen molar-refractivity contribution in [3.63, 3.8) is 0 Å². The maximum Gasteiger partial charge on any atom is 0.148 e. The third kappa shape index (κ3) is 4.06. The molecule has 0 N–H and O–H groups in total. The summed E-state index contributed by atoms with van der Waals surface area (Å²) >= 11 is 0. The minimum atomic E-state index is 0.332. The summed E-state index contributed by atoms with van der Waals surface area (Å²) in [6.45, 7) is 7.82. The first kappa shape index (κ1) is 17.9. The molecule has 0 aromatic heterocycles. The van der Waals surface area contributed by atoms with Crippen molar-refractivity contribution >= 4 is 0 Å². The largest absolute Gasteiger partial charge is 0.481 e. The average Bonchev–Trinajstić information content (AvgIpc) is 2.67. The zero-order valence-corrected chi connectivity index (χ0v) is 15.6. The number of nitrogens with zero attached hydrogens (tertiary/aromatic N) is 2. The molecule has 4 heteroatoms. The third-order valence-corrected chi connectivity index (χ3v) is 6.20. The summed E-state index contributed by atoms with van der Waals surface area (Å²) in [5.74, 6) is 5.03. The Balaban J connectivity index is 1.40. The molecule has 3 aliphatic rings. The molecule has 0 radical (unpaired) electrons. The van der Waals surface area contributed by atoms with E-state index in [-0.39, 0.29) is 0 Å². The minimum absolute atomic E-state index is 0.332. The summed E-state index contributed by atoms with van der Waals surface area (Å²) < 4.78 is 11.2. The Morgan fingerprint density at radius 2 is 1.92 bits per heavy atom. The number of hydrogen-bond acceptors (Lipinski definition) is 4. The Morgan fingerprint density at radius 1 is 1.15 bits per heavy atom. The lowest BCUT2D eigenvalue weighted by Crippen LogP contribution is -2.59. The van der Waals surface area contributed by atoms with Crippen LogP contribution in [0.15, 0.2) is 24.3 Å². The van der Waals surface area contributed by atoms with E-state index >= 15 is 0 Å². The van der Waals surface area contributed by atoms with Gasteiger partial charge in [0.2, 0.25) is 0 Å². The molecule has 140 valence electrons. The predicted molar refractivity (Wildman–Crippen MR) is 103 cm³/mol. The smallest absolute Gasteiger partial charge is 0.148 e. The molecule has 4 rings (SSSR count). The van der Waals surface area contributed by atoms with Crippen molar-refractivity contribution in [1.82, 2.24) is 9.80 Å². The first-order chi connectivity index (χ1) is 12.8. The maximum absolute atomic E-state index is 5.58. The molecule has 26 heavy (non-hydrogen) atoms. The molecule has 2 bridgehead atoms. The Labute approximate surface area is 157 Å². The zero-order valence-electron chi connectivity index (χ0n) is 15.6. The molecule has 3 fully saturated rings. The number of terminal acetylenes is 1. The Bertz CT molecular complexity index is 621. The molecule has 1 aliphatic carbocycles. The normalized spacial score (nSPS) is 29.9. The minimum Gasteiger partial charge on any atom is -0.481 e. The van der Waals surface area contributed by atoms with Crippen molar-refractivity contribution in [1.29, 1.82) is 0 Å². The van der Waals surface area contributed by atoms with Crippen LogP contribution < -0.4 is 4.74 Å². The number of likely N-dealkylation sites (tertiary alicyclic amines) is 1. The van der Waals surface area contributed by atoms with Gasteiger partial charge >= 0.3 is 0 Å². The van der Waals surface area contributed by atoms with E-state index in [9.17, 15) is 0 Å². The van der Waals surface area contributed by atoms with Gasteiger partial charge in [-0.25, -0.2) is 0 Å². The van der Waals surface area contributed by atoms with Crippen LogP contribution in [0, 0.1) is 24.2 Å². The highest BCUT2D eigenvalue weighted by Gasteiger charge is 2.42. The molecular formula is C22H30N2O2. The summed E-state index contributed by atoms with van der Waals surface area (Å²) in [5.41, 5.74) is 1.32. The standard InChI is InChI=1S/C22H30N2O2/c1-2-11-26-21-8-3-5-18(14-21)15-23-16-19-6-4-7-20(17-23)22(19)24-9-12-25-13-10-24/h1,3,5,8,14,19-20,22H,4,6-7,9-13,15-17H2/t19-,20+,22?. The highest BCUT2D eigenvalue weighted by molar-refractivity contribution is 5.29. The van der Waals surface area contributed by atoms with Gasteiger partial charge in [-0.05, 0) is 42.4 Å². The van der Waals surface area contributed by atoms with Gasteiger partial charge in [0.15, 0.2) is 0 Å². The monoisotopic (exact) mass is 354 g/mol. The van der Waals surface area contributed by atoms with Crippen LogP contribution >= 0.6 is 0 Å². The van der Waals surface area contributed by atoms with E-state index < -0.39 is 0 Å². The molecule has 3 atom stereocenters. The molecule has 1 saturated carbocycles. The summed E-state index contributed by atoms with van der Waals surface area (Å²) in [6.07, 6.45) is 9.45. The number of piperidine rings is 1. The van der Waals surface area contributed by atoms with Gasteiger partial charge in [-0.1, -0.05) is 24.5 Å². The van der Waals surface area contributed by atoms with E-state index in [1.165, 1.54) is 37.9 Å². The Morgan fingerprint density at radius 3 is 2.65 bits per heavy atom. The van der Waals surface area contributed by atoms with Gasteiger partial charge in [0.25, 0.3) is 0 Å². The first-order valence-corrected chi connectivity index (χ1v) is 10.0. The van der Waals surface area contributed by atoms with Crippen LogP contribution in [-0.2, 0) is 11.3 Å². The van der Waals surface area contributed by atoms with Crippen molar-refractivity contribution in [3.05, 3.63) is 29.8 Å². The van der Waals surface area contributed by atoms with Crippen molar-refractivity contribution < 1.29 is 9.47 Å². The molecule has 2 aliphatic heterocycles. The molecule has 1 unspecified atom stereocenters. The molecule has 1 aromatic rings. The van der Waals surface area contributed by atoms with Crippen LogP contribution in [0.4, 0.5) is 0 Å². The molecule has 2 saturated heterocycles. The Hall–Kier alpha value is -1.54. The van der Waals surface area contributed by atoms with Crippen LogP contribution in [-0.4, -0.2) is 61.8 Å². The SMILES string of the molecule is C#CCOc1cccc(CN2C[C@H]3CCC[C@@H](C2)C3N2CCOCC2)c1. The molecule has 0 spiro atoms.